The number of esters is 2. The summed E-state index contributed by atoms with van der Waals surface area (Å²) in [4.78, 5) is 26.0. The Morgan fingerprint density at radius 2 is 0.734 bits per heavy atom. The molecule has 0 aromatic rings. The van der Waals surface area contributed by atoms with Gasteiger partial charge in [-0.05, 0) is 32.1 Å². The number of ether oxygens (including phenoxy) is 6. The molecule has 2 rings (SSSR count). The van der Waals surface area contributed by atoms with Gasteiger partial charge in [-0.3, -0.25) is 9.59 Å². The maximum absolute atomic E-state index is 13.1. The zero-order chi connectivity index (χ0) is 57.4. The van der Waals surface area contributed by atoms with Crippen LogP contribution in [0.2, 0.25) is 0 Å². The molecule has 0 aromatic heterocycles. The lowest BCUT2D eigenvalue weighted by atomic mass is 9.98. The van der Waals surface area contributed by atoms with E-state index in [4.69, 9.17) is 28.4 Å². The average molecular weight is 1130 g/mol. The Labute approximate surface area is 480 Å². The molecule has 0 bridgehead atoms. The van der Waals surface area contributed by atoms with Crippen LogP contribution >= 0.6 is 0 Å². The van der Waals surface area contributed by atoms with E-state index in [9.17, 15) is 45.3 Å². The van der Waals surface area contributed by atoms with E-state index < -0.39 is 92.7 Å². The van der Waals surface area contributed by atoms with Crippen LogP contribution in [-0.4, -0.2) is 142 Å². The first-order valence-corrected chi connectivity index (χ1v) is 32.8. The van der Waals surface area contributed by atoms with Crippen molar-refractivity contribution in [1.82, 2.24) is 0 Å². The van der Waals surface area contributed by atoms with Crippen LogP contribution < -0.4 is 0 Å². The third-order valence-corrected chi connectivity index (χ3v) is 16.0. The maximum atomic E-state index is 13.1. The maximum Gasteiger partial charge on any atom is 0.306 e. The average Bonchev–Trinajstić information content (AvgIpc) is 3.53. The van der Waals surface area contributed by atoms with Crippen molar-refractivity contribution in [3.63, 3.8) is 0 Å². The Morgan fingerprint density at radius 3 is 1.15 bits per heavy atom. The van der Waals surface area contributed by atoms with E-state index in [0.717, 1.165) is 32.1 Å². The lowest BCUT2D eigenvalue weighted by Gasteiger charge is -2.42. The molecular formula is C64H120O15. The van der Waals surface area contributed by atoms with E-state index in [-0.39, 0.29) is 26.1 Å². The minimum absolute atomic E-state index is 0.123. The van der Waals surface area contributed by atoms with Gasteiger partial charge in [-0.25, -0.2) is 0 Å². The van der Waals surface area contributed by atoms with E-state index in [1.165, 1.54) is 212 Å². The quantitative estimate of drug-likeness (QED) is 0.0171. The van der Waals surface area contributed by atoms with Crippen molar-refractivity contribution < 1.29 is 73.8 Å². The van der Waals surface area contributed by atoms with E-state index in [1.807, 2.05) is 0 Å². The van der Waals surface area contributed by atoms with Crippen LogP contribution in [0.25, 0.3) is 0 Å². The first kappa shape index (κ1) is 73.3. The highest BCUT2D eigenvalue weighted by Crippen LogP contribution is 2.27. The van der Waals surface area contributed by atoms with Gasteiger partial charge in [0, 0.05) is 12.8 Å². The van der Waals surface area contributed by atoms with Gasteiger partial charge in [-0.2, -0.15) is 0 Å². The van der Waals surface area contributed by atoms with Gasteiger partial charge in [0.25, 0.3) is 0 Å². The second-order valence-corrected chi connectivity index (χ2v) is 23.3. The lowest BCUT2D eigenvalue weighted by molar-refractivity contribution is -0.332. The zero-order valence-electron chi connectivity index (χ0n) is 50.1. The second-order valence-electron chi connectivity index (χ2n) is 23.3. The van der Waals surface area contributed by atoms with E-state index in [0.29, 0.717) is 19.3 Å². The van der Waals surface area contributed by atoms with Crippen LogP contribution in [0, 0.1) is 0 Å². The minimum Gasteiger partial charge on any atom is -0.462 e. The number of hydrogen-bond donors (Lipinski definition) is 7. The smallest absolute Gasteiger partial charge is 0.306 e. The summed E-state index contributed by atoms with van der Waals surface area (Å²) < 4.78 is 33.8. The monoisotopic (exact) mass is 1130 g/mol. The molecule has 0 aliphatic carbocycles. The molecule has 2 saturated heterocycles. The van der Waals surface area contributed by atoms with Gasteiger partial charge in [0.1, 0.15) is 55.4 Å². The molecule has 79 heavy (non-hydrogen) atoms. The summed E-state index contributed by atoms with van der Waals surface area (Å²) >= 11 is 0. The van der Waals surface area contributed by atoms with Gasteiger partial charge in [0.05, 0.1) is 19.8 Å². The minimum atomic E-state index is -1.77. The lowest BCUT2D eigenvalue weighted by Crippen LogP contribution is -2.61. The fraction of sp³-hybridized carbons (Fsp3) is 0.938. The molecule has 0 amide bonds. The number of rotatable bonds is 54. The summed E-state index contributed by atoms with van der Waals surface area (Å²) in [6.07, 6.45) is 39.6. The molecule has 0 spiro atoms. The van der Waals surface area contributed by atoms with Crippen molar-refractivity contribution in [3.05, 3.63) is 12.2 Å². The van der Waals surface area contributed by atoms with Crippen LogP contribution in [-0.2, 0) is 38.0 Å². The van der Waals surface area contributed by atoms with Crippen molar-refractivity contribution in [3.8, 4) is 0 Å². The number of carbonyl (C=O) groups excluding carboxylic acids is 2. The third-order valence-electron chi connectivity index (χ3n) is 16.0. The molecule has 0 radical (unpaired) electrons. The largest absolute Gasteiger partial charge is 0.462 e. The fourth-order valence-corrected chi connectivity index (χ4v) is 10.7. The first-order chi connectivity index (χ1) is 38.5. The second kappa shape index (κ2) is 50.7. The molecule has 2 fully saturated rings. The standard InChI is InChI=1S/C64H120O15/c1-3-5-7-9-11-13-15-17-19-21-23-25-26-27-29-31-33-35-37-39-41-43-45-47-56(67)77-52(49-74-55(66)46-44-42-40-38-36-34-32-30-28-24-22-20-18-16-14-12-10-8-6-4-2)50-75-63-62(73)60(71)58(69)54(79-63)51-76-64-61(72)59(70)57(68)53(48-65)78-64/h39,41,52-54,57-65,68-73H,3-38,40,42-51H2,1-2H3/b41-39+/t52-,53+,54+,57-,58-,59?,60?,61?,62?,63+,64+/m1/s1. The van der Waals surface area contributed by atoms with Gasteiger partial charge in [-0.1, -0.05) is 257 Å². The summed E-state index contributed by atoms with van der Waals surface area (Å²) in [6, 6.07) is 0. The predicted molar refractivity (Wildman–Crippen MR) is 312 cm³/mol. The Bertz CT molecular complexity index is 1420. The summed E-state index contributed by atoms with van der Waals surface area (Å²) in [5.41, 5.74) is 0. The molecule has 0 aromatic carbocycles. The molecule has 11 atom stereocenters. The number of allylic oxidation sites excluding steroid dienone is 2. The number of hydrogen-bond acceptors (Lipinski definition) is 15. The summed E-state index contributed by atoms with van der Waals surface area (Å²) in [6.45, 7) is 2.65. The van der Waals surface area contributed by atoms with Crippen LogP contribution in [0.3, 0.4) is 0 Å². The van der Waals surface area contributed by atoms with Crippen molar-refractivity contribution in [2.75, 3.05) is 26.4 Å². The van der Waals surface area contributed by atoms with E-state index in [2.05, 4.69) is 26.0 Å². The molecule has 2 heterocycles. The SMILES string of the molecule is CCCCCCCCCCCCCCCCCCCC/C=C/CCCC(=O)O[C@H](COC(=O)CCCCCCCCCCCCCCCCCCCCCC)CO[C@H]1O[C@@H](CO[C@H]2O[C@@H](CO)[C@@H](O)C(O)C2O)[C@@H](O)C(O)C1O. The Morgan fingerprint density at radius 1 is 0.392 bits per heavy atom. The van der Waals surface area contributed by atoms with E-state index >= 15 is 0 Å². The van der Waals surface area contributed by atoms with Gasteiger partial charge in [0.2, 0.25) is 0 Å². The third kappa shape index (κ3) is 37.2. The summed E-state index contributed by atoms with van der Waals surface area (Å²) in [5, 5.41) is 72.4. The first-order valence-electron chi connectivity index (χ1n) is 32.8. The number of aliphatic hydroxyl groups excluding tert-OH is 7. The predicted octanol–water partition coefficient (Wildman–Crippen LogP) is 12.5. The number of carbonyl (C=O) groups is 2. The molecule has 7 N–H and O–H groups in total. The highest BCUT2D eigenvalue weighted by Gasteiger charge is 2.47. The van der Waals surface area contributed by atoms with Crippen LogP contribution in [0.4, 0.5) is 0 Å². The molecule has 15 nitrogen and oxygen atoms in total. The van der Waals surface area contributed by atoms with Crippen molar-refractivity contribution in [2.45, 2.75) is 357 Å². The summed E-state index contributed by atoms with van der Waals surface area (Å²) in [7, 11) is 0. The number of unbranched alkanes of at least 4 members (excludes halogenated alkanes) is 38. The van der Waals surface area contributed by atoms with Gasteiger partial charge < -0.3 is 64.2 Å². The number of aliphatic hydroxyl groups is 7. The zero-order valence-corrected chi connectivity index (χ0v) is 50.1. The highest BCUT2D eigenvalue weighted by molar-refractivity contribution is 5.70. The molecule has 4 unspecified atom stereocenters. The molecule has 466 valence electrons. The van der Waals surface area contributed by atoms with Crippen molar-refractivity contribution in [2.24, 2.45) is 0 Å². The Hall–Kier alpha value is -1.76. The van der Waals surface area contributed by atoms with Gasteiger partial charge >= 0.3 is 11.9 Å². The van der Waals surface area contributed by atoms with Crippen LogP contribution in [0.5, 0.6) is 0 Å². The van der Waals surface area contributed by atoms with Crippen LogP contribution in [0.15, 0.2) is 12.2 Å². The van der Waals surface area contributed by atoms with Gasteiger partial charge in [-0.15, -0.1) is 0 Å². The molecule has 2 aliphatic rings. The fourth-order valence-electron chi connectivity index (χ4n) is 10.7. The Balaban J connectivity index is 1.70. The van der Waals surface area contributed by atoms with Crippen molar-refractivity contribution >= 4 is 11.9 Å². The van der Waals surface area contributed by atoms with E-state index in [1.54, 1.807) is 0 Å². The topological polar surface area (TPSA) is 231 Å². The highest BCUT2D eigenvalue weighted by atomic mass is 16.7. The molecule has 0 saturated carbocycles. The molecular weight excluding hydrogens is 1010 g/mol. The molecule has 15 heteroatoms. The summed E-state index contributed by atoms with van der Waals surface area (Å²) in [5.74, 6) is -0.941. The van der Waals surface area contributed by atoms with Crippen LogP contribution in [0.1, 0.15) is 290 Å². The van der Waals surface area contributed by atoms with Gasteiger partial charge in [0.15, 0.2) is 18.7 Å². The normalized spacial score (nSPS) is 23.9. The Kier molecular flexibility index (Phi) is 47.1. The van der Waals surface area contributed by atoms with Crippen molar-refractivity contribution in [1.29, 1.82) is 0 Å². The molecule has 2 aliphatic heterocycles.